The molecule has 0 spiro atoms. The van der Waals surface area contributed by atoms with Crippen molar-refractivity contribution in [2.45, 2.75) is 23.6 Å². The van der Waals surface area contributed by atoms with Gasteiger partial charge in [-0.15, -0.1) is 0 Å². The van der Waals surface area contributed by atoms with Crippen LogP contribution >= 0.6 is 0 Å². The van der Waals surface area contributed by atoms with Gasteiger partial charge in [-0.05, 0) is 30.3 Å². The summed E-state index contributed by atoms with van der Waals surface area (Å²) in [5, 5.41) is 12.2. The van der Waals surface area contributed by atoms with Crippen LogP contribution in [0.25, 0.3) is 0 Å². The number of halogens is 3. The van der Waals surface area contributed by atoms with Gasteiger partial charge in [-0.2, -0.15) is 13.2 Å². The molecule has 1 unspecified atom stereocenters. The molecule has 2 aromatic carbocycles. The van der Waals surface area contributed by atoms with Crippen LogP contribution in [0.15, 0.2) is 59.5 Å². The number of benzene rings is 2. The fraction of sp³-hybridized carbons (Fsp3) is 0.316. The molecule has 0 aromatic heterocycles. The predicted octanol–water partition coefficient (Wildman–Crippen LogP) is 1.93. The van der Waals surface area contributed by atoms with Crippen molar-refractivity contribution in [2.24, 2.45) is 0 Å². The predicted molar refractivity (Wildman–Crippen MR) is 102 cm³/mol. The third-order valence-electron chi connectivity index (χ3n) is 3.84. The molecule has 0 bridgehead atoms. The van der Waals surface area contributed by atoms with E-state index in [0.717, 1.165) is 12.1 Å². The monoisotopic (exact) mass is 446 g/mol. The van der Waals surface area contributed by atoms with Crippen LogP contribution in [0.5, 0.6) is 5.75 Å². The molecule has 0 radical (unpaired) electrons. The SMILES string of the molecule is O=C(CCNS(=O)(=O)c1ccccc1)NCC(O)COc1cccc(C(F)(F)F)c1. The Labute approximate surface area is 171 Å². The van der Waals surface area contributed by atoms with Gasteiger partial charge in [0.2, 0.25) is 15.9 Å². The van der Waals surface area contributed by atoms with E-state index in [0.29, 0.717) is 0 Å². The van der Waals surface area contributed by atoms with Crippen molar-refractivity contribution in [1.82, 2.24) is 10.0 Å². The second kappa shape index (κ2) is 10.4. The molecule has 0 heterocycles. The minimum absolute atomic E-state index is 0.0643. The molecule has 0 aliphatic carbocycles. The summed E-state index contributed by atoms with van der Waals surface area (Å²) in [6.07, 6.45) is -5.83. The van der Waals surface area contributed by atoms with Gasteiger partial charge >= 0.3 is 6.18 Å². The van der Waals surface area contributed by atoms with Gasteiger partial charge in [-0.1, -0.05) is 24.3 Å². The van der Waals surface area contributed by atoms with Crippen molar-refractivity contribution >= 4 is 15.9 Å². The van der Waals surface area contributed by atoms with Crippen molar-refractivity contribution in [3.63, 3.8) is 0 Å². The standard InChI is InChI=1S/C19H21F3N2O5S/c20-19(21,22)14-5-4-6-16(11-14)29-13-15(25)12-23-18(26)9-10-24-30(27,28)17-7-2-1-3-8-17/h1-8,11,15,24-25H,9-10,12-13H2,(H,23,26). The van der Waals surface area contributed by atoms with Crippen molar-refractivity contribution in [2.75, 3.05) is 19.7 Å². The average Bonchev–Trinajstić information content (AvgIpc) is 2.71. The Morgan fingerprint density at radius 3 is 2.47 bits per heavy atom. The smallest absolute Gasteiger partial charge is 0.416 e. The number of sulfonamides is 1. The fourth-order valence-corrected chi connectivity index (χ4v) is 3.37. The first-order valence-electron chi connectivity index (χ1n) is 8.87. The largest absolute Gasteiger partial charge is 0.491 e. The maximum atomic E-state index is 12.7. The zero-order valence-corrected chi connectivity index (χ0v) is 16.5. The normalized spacial score (nSPS) is 12.9. The minimum atomic E-state index is -4.51. The summed E-state index contributed by atoms with van der Waals surface area (Å²) >= 11 is 0. The van der Waals surface area contributed by atoms with E-state index in [1.54, 1.807) is 18.2 Å². The van der Waals surface area contributed by atoms with Crippen LogP contribution in [0.4, 0.5) is 13.2 Å². The zero-order chi connectivity index (χ0) is 22.2. The van der Waals surface area contributed by atoms with Gasteiger partial charge in [0.05, 0.1) is 10.5 Å². The van der Waals surface area contributed by atoms with Gasteiger partial charge in [0.25, 0.3) is 0 Å². The lowest BCUT2D eigenvalue weighted by molar-refractivity contribution is -0.137. The van der Waals surface area contributed by atoms with E-state index in [9.17, 15) is 31.5 Å². The van der Waals surface area contributed by atoms with E-state index in [2.05, 4.69) is 10.0 Å². The van der Waals surface area contributed by atoms with Crippen molar-refractivity contribution in [3.05, 3.63) is 60.2 Å². The first-order chi connectivity index (χ1) is 14.1. The fourth-order valence-electron chi connectivity index (χ4n) is 2.32. The summed E-state index contributed by atoms with van der Waals surface area (Å²) in [5.74, 6) is -0.575. The number of hydrogen-bond donors (Lipinski definition) is 3. The first kappa shape index (κ1) is 23.6. The van der Waals surface area contributed by atoms with Gasteiger partial charge in [0, 0.05) is 19.5 Å². The molecule has 1 amide bonds. The van der Waals surface area contributed by atoms with Crippen LogP contribution in [-0.4, -0.2) is 45.2 Å². The molecule has 3 N–H and O–H groups in total. The van der Waals surface area contributed by atoms with E-state index in [1.165, 1.54) is 24.3 Å². The van der Waals surface area contributed by atoms with Crippen molar-refractivity contribution < 1.29 is 36.2 Å². The lowest BCUT2D eigenvalue weighted by atomic mass is 10.2. The Hall–Kier alpha value is -2.63. The summed E-state index contributed by atoms with van der Waals surface area (Å²) in [6, 6.07) is 11.9. The van der Waals surface area contributed by atoms with Crippen molar-refractivity contribution in [1.29, 1.82) is 0 Å². The van der Waals surface area contributed by atoms with Crippen LogP contribution in [0.1, 0.15) is 12.0 Å². The molecule has 2 rings (SSSR count). The Morgan fingerprint density at radius 2 is 1.80 bits per heavy atom. The van der Waals surface area contributed by atoms with Crippen LogP contribution in [-0.2, 0) is 21.0 Å². The number of aliphatic hydroxyl groups is 1. The van der Waals surface area contributed by atoms with Gasteiger partial charge in [0.1, 0.15) is 18.5 Å². The molecular formula is C19H21F3N2O5S. The minimum Gasteiger partial charge on any atom is -0.491 e. The number of carbonyl (C=O) groups excluding carboxylic acids is 1. The number of ether oxygens (including phenoxy) is 1. The number of aliphatic hydroxyl groups excluding tert-OH is 1. The second-order valence-electron chi connectivity index (χ2n) is 6.26. The molecule has 11 heteroatoms. The summed E-state index contributed by atoms with van der Waals surface area (Å²) in [5.41, 5.74) is -0.874. The number of rotatable bonds is 10. The molecule has 0 aliphatic rings. The van der Waals surface area contributed by atoms with Crippen LogP contribution in [0, 0.1) is 0 Å². The lowest BCUT2D eigenvalue weighted by Gasteiger charge is -2.14. The maximum Gasteiger partial charge on any atom is 0.416 e. The van der Waals surface area contributed by atoms with E-state index >= 15 is 0 Å². The molecule has 0 saturated carbocycles. The van der Waals surface area contributed by atoms with E-state index < -0.39 is 33.8 Å². The number of hydrogen-bond acceptors (Lipinski definition) is 5. The summed E-state index contributed by atoms with van der Waals surface area (Å²) in [7, 11) is -3.72. The summed E-state index contributed by atoms with van der Waals surface area (Å²) < 4.78 is 69.4. The molecule has 0 aliphatic heterocycles. The Kier molecular flexibility index (Phi) is 8.21. The van der Waals surface area contributed by atoms with Gasteiger partial charge in [-0.3, -0.25) is 4.79 Å². The van der Waals surface area contributed by atoms with Crippen LogP contribution < -0.4 is 14.8 Å². The highest BCUT2D eigenvalue weighted by molar-refractivity contribution is 7.89. The molecule has 164 valence electrons. The molecule has 0 saturated heterocycles. The number of nitrogens with one attached hydrogen (secondary N) is 2. The van der Waals surface area contributed by atoms with Crippen molar-refractivity contribution in [3.8, 4) is 5.75 Å². The zero-order valence-electron chi connectivity index (χ0n) is 15.7. The topological polar surface area (TPSA) is 105 Å². The van der Waals surface area contributed by atoms with E-state index in [-0.39, 0.29) is 36.8 Å². The summed E-state index contributed by atoms with van der Waals surface area (Å²) in [6.45, 7) is -0.675. The van der Waals surface area contributed by atoms with Crippen LogP contribution in [0.2, 0.25) is 0 Å². The molecule has 2 aromatic rings. The van der Waals surface area contributed by atoms with E-state index in [1.807, 2.05) is 0 Å². The van der Waals surface area contributed by atoms with Gasteiger partial charge in [-0.25, -0.2) is 13.1 Å². The molecule has 1 atom stereocenters. The second-order valence-corrected chi connectivity index (χ2v) is 8.02. The van der Waals surface area contributed by atoms with Gasteiger partial charge in [0.15, 0.2) is 0 Å². The Morgan fingerprint density at radius 1 is 1.10 bits per heavy atom. The first-order valence-corrected chi connectivity index (χ1v) is 10.4. The third kappa shape index (κ3) is 7.65. The van der Waals surface area contributed by atoms with E-state index in [4.69, 9.17) is 4.74 Å². The summed E-state index contributed by atoms with van der Waals surface area (Å²) in [4.78, 5) is 11.9. The highest BCUT2D eigenvalue weighted by Crippen LogP contribution is 2.31. The highest BCUT2D eigenvalue weighted by Gasteiger charge is 2.30. The number of amides is 1. The van der Waals surface area contributed by atoms with Gasteiger partial charge < -0.3 is 15.2 Å². The molecule has 7 nitrogen and oxygen atoms in total. The third-order valence-corrected chi connectivity index (χ3v) is 5.31. The average molecular weight is 446 g/mol. The Balaban J connectivity index is 1.70. The molecular weight excluding hydrogens is 425 g/mol. The number of alkyl halides is 3. The quantitative estimate of drug-likeness (QED) is 0.517. The highest BCUT2D eigenvalue weighted by atomic mass is 32.2. The maximum absolute atomic E-state index is 12.7. The van der Waals surface area contributed by atoms with Crippen LogP contribution in [0.3, 0.4) is 0 Å². The number of carbonyl (C=O) groups is 1. The molecule has 0 fully saturated rings. The Bertz CT molecular complexity index is 937. The molecule has 30 heavy (non-hydrogen) atoms. The lowest BCUT2D eigenvalue weighted by Crippen LogP contribution is -2.37.